The van der Waals surface area contributed by atoms with Crippen LogP contribution in [0, 0.1) is 13.8 Å². The molecule has 2 aromatic carbocycles. The number of anilines is 1. The van der Waals surface area contributed by atoms with E-state index in [1.54, 1.807) is 0 Å². The third kappa shape index (κ3) is 4.77. The van der Waals surface area contributed by atoms with Crippen molar-refractivity contribution in [3.05, 3.63) is 65.9 Å². The minimum absolute atomic E-state index is 0.0263. The van der Waals surface area contributed by atoms with E-state index >= 15 is 0 Å². The Morgan fingerprint density at radius 1 is 1.20 bits per heavy atom. The van der Waals surface area contributed by atoms with Gasteiger partial charge in [-0.15, -0.1) is 0 Å². The minimum atomic E-state index is -0.0263. The van der Waals surface area contributed by atoms with Gasteiger partial charge in [0.2, 0.25) is 5.91 Å². The zero-order valence-corrected chi connectivity index (χ0v) is 18.2. The minimum Gasteiger partial charge on any atom is -0.376 e. The second-order valence-electron chi connectivity index (χ2n) is 7.62. The molecule has 0 bridgehead atoms. The Balaban J connectivity index is 1.49. The van der Waals surface area contributed by atoms with Crippen LogP contribution in [0.3, 0.4) is 0 Å². The van der Waals surface area contributed by atoms with Gasteiger partial charge in [0, 0.05) is 12.3 Å². The number of carbonyl (C=O) groups is 1. The molecule has 1 N–H and O–H groups in total. The number of hydrogen-bond donors (Lipinski definition) is 1. The molecule has 5 nitrogen and oxygen atoms in total. The predicted octanol–water partition coefficient (Wildman–Crippen LogP) is 5.08. The molecule has 0 radical (unpaired) electrons. The molecule has 0 saturated carbocycles. The first-order valence-corrected chi connectivity index (χ1v) is 11.3. The van der Waals surface area contributed by atoms with Crippen molar-refractivity contribution in [1.29, 1.82) is 0 Å². The number of aryl methyl sites for hydroxylation is 1. The van der Waals surface area contributed by atoms with Crippen LogP contribution in [0.25, 0.3) is 11.3 Å². The summed E-state index contributed by atoms with van der Waals surface area (Å²) < 4.78 is 8.06. The molecule has 156 valence electrons. The molecule has 1 aliphatic rings. The average molecular weight is 422 g/mol. The van der Waals surface area contributed by atoms with Crippen LogP contribution in [-0.4, -0.2) is 33.9 Å². The number of nitrogens with one attached hydrogen (secondary N) is 1. The second-order valence-corrected chi connectivity index (χ2v) is 8.56. The fourth-order valence-electron chi connectivity index (χ4n) is 3.68. The number of ether oxygens (including phenoxy) is 1. The molecule has 1 atom stereocenters. The first-order valence-electron chi connectivity index (χ1n) is 10.3. The molecule has 1 saturated heterocycles. The number of carbonyl (C=O) groups excluding carboxylic acids is 1. The summed E-state index contributed by atoms with van der Waals surface area (Å²) in [5.41, 5.74) is 5.31. The fourth-order valence-corrected chi connectivity index (χ4v) is 4.47. The van der Waals surface area contributed by atoms with Crippen molar-refractivity contribution in [2.75, 3.05) is 17.7 Å². The predicted molar refractivity (Wildman–Crippen MR) is 122 cm³/mol. The average Bonchev–Trinajstić information content (AvgIpc) is 3.41. The molecule has 30 heavy (non-hydrogen) atoms. The van der Waals surface area contributed by atoms with Crippen molar-refractivity contribution >= 4 is 23.4 Å². The molecule has 2 heterocycles. The third-order valence-corrected chi connectivity index (χ3v) is 6.50. The molecule has 1 unspecified atom stereocenters. The van der Waals surface area contributed by atoms with Crippen LogP contribution in [0.5, 0.6) is 0 Å². The fraction of sp³-hybridized carbons (Fsp3) is 0.333. The van der Waals surface area contributed by atoms with E-state index in [2.05, 4.69) is 27.0 Å². The number of imidazole rings is 1. The Morgan fingerprint density at radius 2 is 2.03 bits per heavy atom. The summed E-state index contributed by atoms with van der Waals surface area (Å²) in [7, 11) is 0. The van der Waals surface area contributed by atoms with E-state index in [4.69, 9.17) is 4.74 Å². The molecule has 1 amide bonds. The summed E-state index contributed by atoms with van der Waals surface area (Å²) in [6.07, 6.45) is 4.25. The SMILES string of the molecule is Cc1cccc(NC(=O)CSc2ncc(-c3ccccc3)n2CC2CCCO2)c1C. The first kappa shape index (κ1) is 20.7. The topological polar surface area (TPSA) is 56.2 Å². The highest BCUT2D eigenvalue weighted by atomic mass is 32.2. The van der Waals surface area contributed by atoms with Crippen LogP contribution >= 0.6 is 11.8 Å². The first-order chi connectivity index (χ1) is 14.6. The number of benzene rings is 2. The Hall–Kier alpha value is -2.57. The molecule has 6 heteroatoms. The molecular weight excluding hydrogens is 394 g/mol. The van der Waals surface area contributed by atoms with Crippen molar-refractivity contribution < 1.29 is 9.53 Å². The Morgan fingerprint density at radius 3 is 2.80 bits per heavy atom. The van der Waals surface area contributed by atoms with Crippen LogP contribution in [0.1, 0.15) is 24.0 Å². The lowest BCUT2D eigenvalue weighted by Crippen LogP contribution is -2.18. The van der Waals surface area contributed by atoms with E-state index in [-0.39, 0.29) is 12.0 Å². The van der Waals surface area contributed by atoms with Gasteiger partial charge in [0.1, 0.15) is 0 Å². The summed E-state index contributed by atoms with van der Waals surface area (Å²) in [5, 5.41) is 3.88. The number of nitrogens with zero attached hydrogens (tertiary/aromatic N) is 2. The largest absolute Gasteiger partial charge is 0.376 e. The lowest BCUT2D eigenvalue weighted by Gasteiger charge is -2.16. The van der Waals surface area contributed by atoms with E-state index in [9.17, 15) is 4.79 Å². The maximum Gasteiger partial charge on any atom is 0.234 e. The second kappa shape index (κ2) is 9.49. The van der Waals surface area contributed by atoms with Gasteiger partial charge in [-0.2, -0.15) is 0 Å². The van der Waals surface area contributed by atoms with Gasteiger partial charge < -0.3 is 14.6 Å². The van der Waals surface area contributed by atoms with E-state index in [1.807, 2.05) is 56.4 Å². The van der Waals surface area contributed by atoms with Gasteiger partial charge in [-0.3, -0.25) is 4.79 Å². The van der Waals surface area contributed by atoms with Crippen molar-refractivity contribution in [3.8, 4) is 11.3 Å². The quantitative estimate of drug-likeness (QED) is 0.541. The lowest BCUT2D eigenvalue weighted by atomic mass is 10.1. The highest BCUT2D eigenvalue weighted by Crippen LogP contribution is 2.28. The molecule has 4 rings (SSSR count). The van der Waals surface area contributed by atoms with Gasteiger partial charge in [0.25, 0.3) is 0 Å². The Labute approximate surface area is 181 Å². The smallest absolute Gasteiger partial charge is 0.234 e. The van der Waals surface area contributed by atoms with Crippen LogP contribution < -0.4 is 5.32 Å². The van der Waals surface area contributed by atoms with Crippen LogP contribution in [0.2, 0.25) is 0 Å². The van der Waals surface area contributed by atoms with E-state index < -0.39 is 0 Å². The maximum absolute atomic E-state index is 12.6. The molecule has 1 aliphatic heterocycles. The molecule has 0 aliphatic carbocycles. The Bertz CT molecular complexity index is 1010. The molecule has 1 fully saturated rings. The zero-order valence-electron chi connectivity index (χ0n) is 17.4. The van der Waals surface area contributed by atoms with Crippen molar-refractivity contribution in [1.82, 2.24) is 9.55 Å². The van der Waals surface area contributed by atoms with E-state index in [1.165, 1.54) is 17.3 Å². The maximum atomic E-state index is 12.6. The Kier molecular flexibility index (Phi) is 6.55. The van der Waals surface area contributed by atoms with Crippen molar-refractivity contribution in [3.63, 3.8) is 0 Å². The van der Waals surface area contributed by atoms with Gasteiger partial charge in [-0.05, 0) is 49.4 Å². The van der Waals surface area contributed by atoms with E-state index in [0.29, 0.717) is 5.75 Å². The van der Waals surface area contributed by atoms with Crippen LogP contribution in [0.4, 0.5) is 5.69 Å². The van der Waals surface area contributed by atoms with Crippen molar-refractivity contribution in [2.45, 2.75) is 44.5 Å². The highest BCUT2D eigenvalue weighted by Gasteiger charge is 2.21. The van der Waals surface area contributed by atoms with Crippen molar-refractivity contribution in [2.24, 2.45) is 0 Å². The summed E-state index contributed by atoms with van der Waals surface area (Å²) >= 11 is 1.47. The monoisotopic (exact) mass is 421 g/mol. The van der Waals surface area contributed by atoms with Gasteiger partial charge in [-0.1, -0.05) is 54.2 Å². The van der Waals surface area contributed by atoms with Gasteiger partial charge >= 0.3 is 0 Å². The third-order valence-electron chi connectivity index (χ3n) is 5.51. The summed E-state index contributed by atoms with van der Waals surface area (Å²) in [4.78, 5) is 17.2. The molecule has 1 aromatic heterocycles. The molecule has 3 aromatic rings. The van der Waals surface area contributed by atoms with Crippen LogP contribution in [0.15, 0.2) is 59.9 Å². The molecular formula is C24H27N3O2S. The summed E-state index contributed by atoms with van der Waals surface area (Å²) in [5.74, 6) is 0.283. The standard InChI is InChI=1S/C24H27N3O2S/c1-17-8-6-12-21(18(17)2)26-23(28)16-30-24-25-14-22(19-9-4-3-5-10-19)27(24)15-20-11-7-13-29-20/h3-6,8-10,12,14,20H,7,11,13,15-16H2,1-2H3,(H,26,28). The zero-order chi connectivity index (χ0) is 20.9. The number of hydrogen-bond acceptors (Lipinski definition) is 4. The number of thioether (sulfide) groups is 1. The van der Waals surface area contributed by atoms with Crippen LogP contribution in [-0.2, 0) is 16.1 Å². The number of amides is 1. The summed E-state index contributed by atoms with van der Waals surface area (Å²) in [6, 6.07) is 16.2. The van der Waals surface area contributed by atoms with E-state index in [0.717, 1.165) is 53.7 Å². The number of rotatable bonds is 7. The van der Waals surface area contributed by atoms with Gasteiger partial charge in [-0.25, -0.2) is 4.98 Å². The molecule has 0 spiro atoms. The van der Waals surface area contributed by atoms with Gasteiger partial charge in [0.15, 0.2) is 5.16 Å². The highest BCUT2D eigenvalue weighted by molar-refractivity contribution is 7.99. The number of aromatic nitrogens is 2. The summed E-state index contributed by atoms with van der Waals surface area (Å²) in [6.45, 7) is 5.65. The van der Waals surface area contributed by atoms with Gasteiger partial charge in [0.05, 0.1) is 30.3 Å². The normalized spacial score (nSPS) is 16.0. The lowest BCUT2D eigenvalue weighted by molar-refractivity contribution is -0.113.